The summed E-state index contributed by atoms with van der Waals surface area (Å²) in [5, 5.41) is 7.78. The highest BCUT2D eigenvalue weighted by molar-refractivity contribution is 7.89. The molecule has 2 aromatic rings. The summed E-state index contributed by atoms with van der Waals surface area (Å²) < 4.78 is 29.8. The first-order valence-corrected chi connectivity index (χ1v) is 11.9. The number of anilines is 1. The Morgan fingerprint density at radius 2 is 1.93 bits per heavy atom. The lowest BCUT2D eigenvalue weighted by molar-refractivity contribution is -0.137. The summed E-state index contributed by atoms with van der Waals surface area (Å²) in [6.07, 6.45) is 1.15. The number of fused-ring (bicyclic) bond motifs is 1. The average Bonchev–Trinajstić information content (AvgIpc) is 3.03. The van der Waals surface area contributed by atoms with Gasteiger partial charge in [-0.2, -0.15) is 9.82 Å². The number of para-hydroxylation sites is 1. The number of nitrogens with one attached hydrogen (secondary N) is 2. The molecule has 1 aromatic carbocycles. The van der Waals surface area contributed by atoms with Gasteiger partial charge in [0, 0.05) is 18.8 Å². The number of piperidine rings is 1. The van der Waals surface area contributed by atoms with Crippen molar-refractivity contribution < 1.29 is 13.2 Å². The lowest BCUT2D eigenvalue weighted by Crippen LogP contribution is -2.52. The molecule has 1 aromatic heterocycles. The summed E-state index contributed by atoms with van der Waals surface area (Å²) in [5.74, 6) is 0.102. The Morgan fingerprint density at radius 3 is 2.60 bits per heavy atom. The number of carbonyl (C=O) groups excluding carboxylic acids is 1. The summed E-state index contributed by atoms with van der Waals surface area (Å²) in [6, 6.07) is 8.96. The van der Waals surface area contributed by atoms with E-state index in [1.807, 2.05) is 42.5 Å². The second-order valence-electron chi connectivity index (χ2n) is 8.41. The van der Waals surface area contributed by atoms with Crippen LogP contribution in [0.1, 0.15) is 31.2 Å². The molecule has 2 N–H and O–H groups in total. The molecule has 0 radical (unpaired) electrons. The number of nitrogens with zero attached hydrogens (tertiary/aromatic N) is 3. The van der Waals surface area contributed by atoms with Crippen LogP contribution >= 0.6 is 0 Å². The van der Waals surface area contributed by atoms with Crippen LogP contribution in [-0.4, -0.2) is 48.3 Å². The zero-order valence-corrected chi connectivity index (χ0v) is 18.4. The van der Waals surface area contributed by atoms with Gasteiger partial charge in [0.15, 0.2) is 0 Å². The Morgan fingerprint density at radius 1 is 1.23 bits per heavy atom. The first kappa shape index (κ1) is 20.9. The fourth-order valence-corrected chi connectivity index (χ4v) is 5.81. The highest BCUT2D eigenvalue weighted by Crippen LogP contribution is 2.31. The van der Waals surface area contributed by atoms with E-state index in [1.165, 1.54) is 0 Å². The maximum atomic E-state index is 12.9. The highest BCUT2D eigenvalue weighted by Gasteiger charge is 2.36. The molecule has 0 aliphatic carbocycles. The number of rotatable bonds is 4. The van der Waals surface area contributed by atoms with Gasteiger partial charge in [0.05, 0.1) is 30.0 Å². The second-order valence-corrected chi connectivity index (χ2v) is 10.1. The number of aromatic nitrogens is 2. The van der Waals surface area contributed by atoms with Crippen LogP contribution in [0.15, 0.2) is 35.2 Å². The molecule has 0 spiro atoms. The van der Waals surface area contributed by atoms with Crippen molar-refractivity contribution >= 4 is 21.6 Å². The van der Waals surface area contributed by atoms with Crippen molar-refractivity contribution in [3.8, 4) is 0 Å². The molecule has 1 fully saturated rings. The number of hydrogen-bond acceptors (Lipinski definition) is 5. The average molecular weight is 432 g/mol. The predicted molar refractivity (Wildman–Crippen MR) is 114 cm³/mol. The van der Waals surface area contributed by atoms with Crippen molar-refractivity contribution in [3.63, 3.8) is 0 Å². The molecule has 3 heterocycles. The molecule has 30 heavy (non-hydrogen) atoms. The number of likely N-dealkylation sites (tertiary alicyclic amines) is 1. The van der Waals surface area contributed by atoms with Crippen LogP contribution in [0.4, 0.5) is 5.69 Å². The molecule has 1 amide bonds. The Kier molecular flexibility index (Phi) is 5.59. The van der Waals surface area contributed by atoms with Gasteiger partial charge in [-0.3, -0.25) is 9.48 Å². The van der Waals surface area contributed by atoms with Gasteiger partial charge in [-0.05, 0) is 50.8 Å². The van der Waals surface area contributed by atoms with Gasteiger partial charge in [0.2, 0.25) is 15.9 Å². The molecule has 8 nitrogen and oxygen atoms in total. The topological polar surface area (TPSA) is 96.3 Å². The molecular weight excluding hydrogens is 402 g/mol. The summed E-state index contributed by atoms with van der Waals surface area (Å²) in [6.45, 7) is 7.72. The standard InChI is InChI=1S/C21H29N5O3S/c1-14(13-26-16(3)12-15(2)23-26)21(27)25-10-8-17(9-11-25)20-22-18-6-4-5-7-19(18)30(28,29)24-20/h4-7,12,14,17,20,22,24H,8-11,13H2,1-3H3. The van der Waals surface area contributed by atoms with E-state index in [-0.39, 0.29) is 28.8 Å². The number of aryl methyl sites for hydroxylation is 2. The molecule has 9 heteroatoms. The maximum absolute atomic E-state index is 12.9. The first-order chi connectivity index (χ1) is 14.2. The molecular formula is C21H29N5O3S. The van der Waals surface area contributed by atoms with Gasteiger partial charge in [0.25, 0.3) is 0 Å². The van der Waals surface area contributed by atoms with Gasteiger partial charge in [0.1, 0.15) is 4.90 Å². The number of hydrogen-bond donors (Lipinski definition) is 2. The Balaban J connectivity index is 1.36. The van der Waals surface area contributed by atoms with Crippen LogP contribution in [-0.2, 0) is 21.4 Å². The number of sulfonamides is 1. The highest BCUT2D eigenvalue weighted by atomic mass is 32.2. The van der Waals surface area contributed by atoms with E-state index in [0.29, 0.717) is 25.3 Å². The van der Waals surface area contributed by atoms with E-state index >= 15 is 0 Å². The summed E-state index contributed by atoms with van der Waals surface area (Å²) in [5.41, 5.74) is 2.65. The summed E-state index contributed by atoms with van der Waals surface area (Å²) in [4.78, 5) is 15.1. The van der Waals surface area contributed by atoms with Gasteiger partial charge in [-0.1, -0.05) is 19.1 Å². The maximum Gasteiger partial charge on any atom is 0.244 e. The van der Waals surface area contributed by atoms with Crippen LogP contribution in [0.25, 0.3) is 0 Å². The lowest BCUT2D eigenvalue weighted by Gasteiger charge is -2.39. The Hall–Kier alpha value is -2.39. The third-order valence-electron chi connectivity index (χ3n) is 6.06. The normalized spacial score (nSPS) is 22.2. The van der Waals surface area contributed by atoms with Gasteiger partial charge in [-0.25, -0.2) is 8.42 Å². The van der Waals surface area contributed by atoms with Crippen LogP contribution < -0.4 is 10.0 Å². The smallest absolute Gasteiger partial charge is 0.244 e. The fraction of sp³-hybridized carbons (Fsp3) is 0.524. The molecule has 2 unspecified atom stereocenters. The molecule has 162 valence electrons. The molecule has 2 aliphatic rings. The van der Waals surface area contributed by atoms with Crippen molar-refractivity contribution in [2.75, 3.05) is 18.4 Å². The monoisotopic (exact) mass is 431 g/mol. The number of amides is 1. The zero-order valence-electron chi connectivity index (χ0n) is 17.6. The Bertz CT molecular complexity index is 1040. The zero-order chi connectivity index (χ0) is 21.5. The van der Waals surface area contributed by atoms with Gasteiger partial charge < -0.3 is 10.2 Å². The SMILES string of the molecule is Cc1cc(C)n(CC(C)C(=O)N2CCC(C3Nc4ccccc4S(=O)(=O)N3)CC2)n1. The molecule has 0 saturated carbocycles. The third-order valence-corrected chi connectivity index (χ3v) is 7.56. The van der Waals surface area contributed by atoms with Crippen molar-refractivity contribution in [2.45, 2.75) is 51.2 Å². The lowest BCUT2D eigenvalue weighted by atomic mass is 9.93. The van der Waals surface area contributed by atoms with Crippen molar-refractivity contribution in [1.82, 2.24) is 19.4 Å². The van der Waals surface area contributed by atoms with Crippen molar-refractivity contribution in [2.24, 2.45) is 11.8 Å². The summed E-state index contributed by atoms with van der Waals surface area (Å²) >= 11 is 0. The minimum absolute atomic E-state index is 0.128. The van der Waals surface area contributed by atoms with Crippen molar-refractivity contribution in [1.29, 1.82) is 0 Å². The van der Waals surface area contributed by atoms with E-state index in [9.17, 15) is 13.2 Å². The number of benzene rings is 1. The van der Waals surface area contributed by atoms with E-state index in [1.54, 1.807) is 18.2 Å². The molecule has 2 aliphatic heterocycles. The van der Waals surface area contributed by atoms with Crippen molar-refractivity contribution in [3.05, 3.63) is 41.7 Å². The third kappa shape index (κ3) is 4.09. The molecule has 2 atom stereocenters. The summed E-state index contributed by atoms with van der Waals surface area (Å²) in [7, 11) is -3.52. The van der Waals surface area contributed by atoms with Crippen LogP contribution in [0.5, 0.6) is 0 Å². The van der Waals surface area contributed by atoms with E-state index in [0.717, 1.165) is 24.2 Å². The minimum atomic E-state index is -3.52. The Labute approximate surface area is 177 Å². The fourth-order valence-electron chi connectivity index (χ4n) is 4.42. The van der Waals surface area contributed by atoms with Gasteiger partial charge in [-0.15, -0.1) is 0 Å². The van der Waals surface area contributed by atoms with E-state index in [4.69, 9.17) is 0 Å². The number of carbonyl (C=O) groups is 1. The van der Waals surface area contributed by atoms with Gasteiger partial charge >= 0.3 is 0 Å². The molecule has 0 bridgehead atoms. The largest absolute Gasteiger partial charge is 0.368 e. The van der Waals surface area contributed by atoms with E-state index in [2.05, 4.69) is 15.1 Å². The minimum Gasteiger partial charge on any atom is -0.368 e. The van der Waals surface area contributed by atoms with Crippen LogP contribution in [0.2, 0.25) is 0 Å². The predicted octanol–water partition coefficient (Wildman–Crippen LogP) is 2.10. The van der Waals surface area contributed by atoms with Crippen LogP contribution in [0, 0.1) is 25.7 Å². The first-order valence-electron chi connectivity index (χ1n) is 10.4. The molecule has 1 saturated heterocycles. The molecule has 4 rings (SSSR count). The van der Waals surface area contributed by atoms with Crippen LogP contribution in [0.3, 0.4) is 0 Å². The van der Waals surface area contributed by atoms with E-state index < -0.39 is 10.0 Å². The second kappa shape index (κ2) is 8.03. The quantitative estimate of drug-likeness (QED) is 0.773.